The molecule has 1 unspecified atom stereocenters. The molecule has 0 heterocycles. The Morgan fingerprint density at radius 2 is 2.21 bits per heavy atom. The number of aliphatic hydroxyl groups is 1. The van der Waals surface area contributed by atoms with E-state index in [4.69, 9.17) is 16.7 Å². The van der Waals surface area contributed by atoms with E-state index in [0.29, 0.717) is 5.92 Å². The molecular weight excluding hydrogens is 196 g/mol. The maximum atomic E-state index is 9.04. The maximum absolute atomic E-state index is 9.04. The summed E-state index contributed by atoms with van der Waals surface area (Å²) in [6, 6.07) is 6.03. The third kappa shape index (κ3) is 1.79. The van der Waals surface area contributed by atoms with Crippen LogP contribution in [0.5, 0.6) is 0 Å². The molecule has 1 saturated carbocycles. The maximum Gasteiger partial charge on any atom is 0.0500 e. The largest absolute Gasteiger partial charge is 0.396 e. The molecule has 1 radical (unpaired) electrons. The smallest absolute Gasteiger partial charge is 0.0500 e. The van der Waals surface area contributed by atoms with Crippen LogP contribution in [0, 0.1) is 6.92 Å². The summed E-state index contributed by atoms with van der Waals surface area (Å²) < 4.78 is 0. The molecule has 1 aliphatic rings. The van der Waals surface area contributed by atoms with E-state index in [1.807, 2.05) is 12.1 Å². The highest BCUT2D eigenvalue weighted by Gasteiger charge is 2.27. The summed E-state index contributed by atoms with van der Waals surface area (Å²) in [4.78, 5) is 0. The van der Waals surface area contributed by atoms with Crippen molar-refractivity contribution in [1.82, 2.24) is 0 Å². The van der Waals surface area contributed by atoms with Crippen molar-refractivity contribution in [2.45, 2.75) is 24.7 Å². The third-order valence-corrected chi connectivity index (χ3v) is 3.17. The van der Waals surface area contributed by atoms with E-state index >= 15 is 0 Å². The summed E-state index contributed by atoms with van der Waals surface area (Å²) in [5.74, 6) is 0.537. The average Bonchev–Trinajstić information content (AvgIpc) is 3.01. The number of hydrogen-bond acceptors (Lipinski definition) is 1. The zero-order valence-electron chi connectivity index (χ0n) is 8.04. The van der Waals surface area contributed by atoms with Gasteiger partial charge < -0.3 is 5.11 Å². The van der Waals surface area contributed by atoms with Gasteiger partial charge in [-0.3, -0.25) is 0 Å². The molecule has 0 aliphatic heterocycles. The molecule has 0 aromatic heterocycles. The van der Waals surface area contributed by atoms with Crippen molar-refractivity contribution in [1.29, 1.82) is 0 Å². The molecule has 0 bridgehead atoms. The summed E-state index contributed by atoms with van der Waals surface area (Å²) in [6.45, 7) is 3.92. The van der Waals surface area contributed by atoms with Gasteiger partial charge in [-0.25, -0.2) is 0 Å². The molecule has 1 aliphatic carbocycles. The van der Waals surface area contributed by atoms with Crippen LogP contribution in [0.15, 0.2) is 18.2 Å². The fraction of sp³-hybridized carbons (Fsp3) is 0.417. The van der Waals surface area contributed by atoms with Crippen molar-refractivity contribution in [2.24, 2.45) is 0 Å². The van der Waals surface area contributed by atoms with Crippen molar-refractivity contribution in [3.63, 3.8) is 0 Å². The number of rotatable bonds is 3. The predicted octanol–water partition coefficient (Wildman–Crippen LogP) is 3.13. The van der Waals surface area contributed by atoms with E-state index in [0.717, 1.165) is 10.6 Å². The van der Waals surface area contributed by atoms with Gasteiger partial charge in [-0.2, -0.15) is 0 Å². The van der Waals surface area contributed by atoms with Gasteiger partial charge in [-0.1, -0.05) is 29.8 Å². The standard InChI is InChI=1S/C12H14ClO/c1-8(7-14)10-3-2-4-11(12(10)13)9-5-6-9/h2-4,8-9,14H,1,5-7H2. The van der Waals surface area contributed by atoms with Crippen molar-refractivity contribution in [3.05, 3.63) is 41.3 Å². The highest BCUT2D eigenvalue weighted by molar-refractivity contribution is 6.32. The lowest BCUT2D eigenvalue weighted by molar-refractivity contribution is 0.282. The first-order valence-electron chi connectivity index (χ1n) is 4.96. The molecule has 0 amide bonds. The minimum Gasteiger partial charge on any atom is -0.396 e. The zero-order valence-corrected chi connectivity index (χ0v) is 8.80. The van der Waals surface area contributed by atoms with Crippen molar-refractivity contribution in [3.8, 4) is 0 Å². The molecule has 1 atom stereocenters. The van der Waals surface area contributed by atoms with Crippen LogP contribution < -0.4 is 0 Å². The second-order valence-corrected chi connectivity index (χ2v) is 4.28. The Kier molecular flexibility index (Phi) is 2.80. The van der Waals surface area contributed by atoms with E-state index < -0.39 is 0 Å². The van der Waals surface area contributed by atoms with Gasteiger partial charge in [0.2, 0.25) is 0 Å². The molecule has 1 fully saturated rings. The van der Waals surface area contributed by atoms with Crippen LogP contribution in [0.1, 0.15) is 35.8 Å². The van der Waals surface area contributed by atoms with Gasteiger partial charge >= 0.3 is 0 Å². The van der Waals surface area contributed by atoms with E-state index in [2.05, 4.69) is 13.0 Å². The molecule has 0 spiro atoms. The molecule has 1 N–H and O–H groups in total. The minimum atomic E-state index is -0.110. The van der Waals surface area contributed by atoms with Gasteiger partial charge in [0.25, 0.3) is 0 Å². The van der Waals surface area contributed by atoms with Crippen LogP contribution in [0.2, 0.25) is 5.02 Å². The van der Waals surface area contributed by atoms with Crippen LogP contribution in [0.25, 0.3) is 0 Å². The third-order valence-electron chi connectivity index (χ3n) is 2.74. The molecular formula is C12H14ClO. The van der Waals surface area contributed by atoms with Gasteiger partial charge in [0, 0.05) is 17.5 Å². The van der Waals surface area contributed by atoms with E-state index in [1.54, 1.807) is 0 Å². The monoisotopic (exact) mass is 209 g/mol. The first kappa shape index (κ1) is 10.0. The Labute approximate surface area is 89.7 Å². The molecule has 0 saturated heterocycles. The highest BCUT2D eigenvalue weighted by atomic mass is 35.5. The molecule has 75 valence electrons. The fourth-order valence-electron chi connectivity index (χ4n) is 1.69. The Hall–Kier alpha value is -0.530. The first-order valence-corrected chi connectivity index (χ1v) is 5.34. The number of benzene rings is 1. The van der Waals surface area contributed by atoms with Crippen LogP contribution in [0.3, 0.4) is 0 Å². The van der Waals surface area contributed by atoms with Crippen LogP contribution in [-0.2, 0) is 0 Å². The van der Waals surface area contributed by atoms with E-state index in [1.165, 1.54) is 18.4 Å². The average molecular weight is 210 g/mol. The SMILES string of the molecule is [CH2]C(CO)c1cccc(C2CC2)c1Cl. The van der Waals surface area contributed by atoms with Crippen molar-refractivity contribution >= 4 is 11.6 Å². The van der Waals surface area contributed by atoms with Crippen LogP contribution in [-0.4, -0.2) is 11.7 Å². The fourth-order valence-corrected chi connectivity index (χ4v) is 2.13. The highest BCUT2D eigenvalue weighted by Crippen LogP contribution is 2.44. The summed E-state index contributed by atoms with van der Waals surface area (Å²) in [6.07, 6.45) is 2.48. The van der Waals surface area contributed by atoms with E-state index in [9.17, 15) is 0 Å². The van der Waals surface area contributed by atoms with Gasteiger partial charge in [-0.05, 0) is 36.8 Å². The van der Waals surface area contributed by atoms with E-state index in [-0.39, 0.29) is 12.5 Å². The van der Waals surface area contributed by atoms with Crippen LogP contribution in [0.4, 0.5) is 0 Å². The summed E-state index contributed by atoms with van der Waals surface area (Å²) in [5.41, 5.74) is 2.20. The van der Waals surface area contributed by atoms with Gasteiger partial charge in [0.15, 0.2) is 0 Å². The number of aliphatic hydroxyl groups excluding tert-OH is 1. The topological polar surface area (TPSA) is 20.2 Å². The van der Waals surface area contributed by atoms with Gasteiger partial charge in [0.05, 0.1) is 0 Å². The first-order chi connectivity index (χ1) is 6.74. The quantitative estimate of drug-likeness (QED) is 0.811. The Balaban J connectivity index is 2.35. The molecule has 2 heteroatoms. The normalized spacial score (nSPS) is 18.2. The zero-order chi connectivity index (χ0) is 10.1. The summed E-state index contributed by atoms with van der Waals surface area (Å²) in [5, 5.41) is 9.85. The van der Waals surface area contributed by atoms with Gasteiger partial charge in [-0.15, -0.1) is 0 Å². The summed E-state index contributed by atoms with van der Waals surface area (Å²) in [7, 11) is 0. The number of hydrogen-bond donors (Lipinski definition) is 1. The molecule has 1 aromatic carbocycles. The second-order valence-electron chi connectivity index (χ2n) is 3.90. The van der Waals surface area contributed by atoms with Crippen molar-refractivity contribution < 1.29 is 5.11 Å². The molecule has 1 nitrogen and oxygen atoms in total. The van der Waals surface area contributed by atoms with Crippen molar-refractivity contribution in [2.75, 3.05) is 6.61 Å². The second kappa shape index (κ2) is 3.92. The minimum absolute atomic E-state index is 0.0494. The molecule has 14 heavy (non-hydrogen) atoms. The Bertz CT molecular complexity index is 331. The lowest BCUT2D eigenvalue weighted by Crippen LogP contribution is -2.01. The van der Waals surface area contributed by atoms with Crippen LogP contribution >= 0.6 is 11.6 Å². The Morgan fingerprint density at radius 1 is 1.50 bits per heavy atom. The van der Waals surface area contributed by atoms with Gasteiger partial charge in [0.1, 0.15) is 0 Å². The Morgan fingerprint density at radius 3 is 2.79 bits per heavy atom. The molecule has 2 rings (SSSR count). The molecule has 1 aromatic rings. The number of halogens is 1. The predicted molar refractivity (Wildman–Crippen MR) is 58.6 cm³/mol. The lowest BCUT2D eigenvalue weighted by atomic mass is 9.98. The summed E-state index contributed by atoms with van der Waals surface area (Å²) >= 11 is 6.27. The lowest BCUT2D eigenvalue weighted by Gasteiger charge is -2.13.